The van der Waals surface area contributed by atoms with E-state index >= 15 is 0 Å². The molecular weight excluding hydrogens is 270 g/mol. The van der Waals surface area contributed by atoms with Crippen molar-refractivity contribution in [2.45, 2.75) is 0 Å². The zero-order valence-corrected chi connectivity index (χ0v) is 10.3. The van der Waals surface area contributed by atoms with Gasteiger partial charge in [0.25, 0.3) is 0 Å². The monoisotopic (exact) mass is 278 g/mol. The van der Waals surface area contributed by atoms with Crippen molar-refractivity contribution in [3.63, 3.8) is 0 Å². The number of carbonyl (C=O) groups excluding carboxylic acids is 1. The maximum absolute atomic E-state index is 13.5. The Kier molecular flexibility index (Phi) is 4.02. The van der Waals surface area contributed by atoms with Crippen molar-refractivity contribution < 1.29 is 13.9 Å². The molecule has 1 aromatic carbocycles. The van der Waals surface area contributed by atoms with E-state index in [2.05, 4.69) is 25.2 Å². The number of ether oxygens (including phenoxy) is 1. The molecule has 1 rings (SSSR count). The molecule has 1 unspecified atom stereocenters. The first kappa shape index (κ1) is 11.6. The number of carbonyl (C=O) groups is 1. The van der Waals surface area contributed by atoms with Gasteiger partial charge in [-0.1, -0.05) is 15.9 Å². The number of Topliss-reactive ketones (excluding diaryl/α,β-unsaturated/α-hetero) is 1. The van der Waals surface area contributed by atoms with Gasteiger partial charge in [0, 0.05) is 5.30 Å². The number of alkyl halides is 1. The number of ketones is 1. The Hall–Kier alpha value is -0.470. The molecule has 1 atom stereocenters. The first-order valence-electron chi connectivity index (χ1n) is 3.83. The van der Waals surface area contributed by atoms with E-state index in [1.807, 2.05) is 0 Å². The molecule has 0 saturated heterocycles. The molecule has 0 amide bonds. The van der Waals surface area contributed by atoms with Gasteiger partial charge in [0.05, 0.1) is 18.0 Å². The smallest absolute Gasteiger partial charge is 0.180 e. The number of methoxy groups -OCH3 is 1. The summed E-state index contributed by atoms with van der Waals surface area (Å²) in [6.45, 7) is 0. The third kappa shape index (κ3) is 2.12. The van der Waals surface area contributed by atoms with Crippen LogP contribution in [-0.2, 0) is 0 Å². The lowest BCUT2D eigenvalue weighted by Gasteiger charge is -2.08. The van der Waals surface area contributed by atoms with Crippen molar-refractivity contribution in [1.29, 1.82) is 0 Å². The molecular formula is C9H9BrFO2P. The standard InChI is InChI=1S/C9H9BrFO2P/c1-13-6-2-3-7(14)9(11)8(6)5(12)4-10/h2-3H,4,14H2,1H3. The molecule has 0 aliphatic heterocycles. The van der Waals surface area contributed by atoms with Crippen LogP contribution in [0, 0.1) is 5.82 Å². The normalized spacial score (nSPS) is 10.0. The van der Waals surface area contributed by atoms with Crippen molar-refractivity contribution in [3.8, 4) is 5.75 Å². The van der Waals surface area contributed by atoms with Crippen LogP contribution in [0.2, 0.25) is 0 Å². The molecule has 0 spiro atoms. The van der Waals surface area contributed by atoms with E-state index in [1.54, 1.807) is 12.1 Å². The fourth-order valence-electron chi connectivity index (χ4n) is 1.07. The van der Waals surface area contributed by atoms with Gasteiger partial charge in [-0.25, -0.2) is 4.39 Å². The third-order valence-corrected chi connectivity index (χ3v) is 2.71. The van der Waals surface area contributed by atoms with E-state index in [9.17, 15) is 9.18 Å². The van der Waals surface area contributed by atoms with Crippen molar-refractivity contribution >= 4 is 36.3 Å². The molecule has 2 nitrogen and oxygen atoms in total. The fourth-order valence-corrected chi connectivity index (χ4v) is 1.59. The number of hydrogen-bond acceptors (Lipinski definition) is 2. The molecule has 0 radical (unpaired) electrons. The summed E-state index contributed by atoms with van der Waals surface area (Å²) in [4.78, 5) is 11.4. The maximum atomic E-state index is 13.5. The van der Waals surface area contributed by atoms with Gasteiger partial charge in [-0.05, 0) is 12.1 Å². The Morgan fingerprint density at radius 3 is 2.79 bits per heavy atom. The maximum Gasteiger partial charge on any atom is 0.180 e. The molecule has 0 aromatic heterocycles. The SMILES string of the molecule is COc1ccc(P)c(F)c1C(=O)CBr. The van der Waals surface area contributed by atoms with E-state index in [0.29, 0.717) is 5.30 Å². The van der Waals surface area contributed by atoms with Crippen molar-refractivity contribution in [3.05, 3.63) is 23.5 Å². The summed E-state index contributed by atoms with van der Waals surface area (Å²) in [5.74, 6) is -0.611. The highest BCUT2D eigenvalue weighted by Crippen LogP contribution is 2.22. The molecule has 0 N–H and O–H groups in total. The van der Waals surface area contributed by atoms with E-state index in [0.717, 1.165) is 0 Å². The lowest BCUT2D eigenvalue weighted by molar-refractivity contribution is 0.101. The van der Waals surface area contributed by atoms with Crippen LogP contribution in [-0.4, -0.2) is 18.2 Å². The van der Waals surface area contributed by atoms with Gasteiger partial charge in [0.15, 0.2) is 5.78 Å². The van der Waals surface area contributed by atoms with Crippen LogP contribution in [0.3, 0.4) is 0 Å². The predicted molar refractivity (Wildman–Crippen MR) is 60.4 cm³/mol. The van der Waals surface area contributed by atoms with Crippen LogP contribution in [0.15, 0.2) is 12.1 Å². The molecule has 0 saturated carbocycles. The van der Waals surface area contributed by atoms with Gasteiger partial charge in [0.2, 0.25) is 0 Å². The van der Waals surface area contributed by atoms with E-state index in [1.165, 1.54) is 7.11 Å². The largest absolute Gasteiger partial charge is 0.496 e. The second-order valence-corrected chi connectivity index (χ2v) is 3.79. The summed E-state index contributed by atoms with van der Waals surface area (Å²) in [7, 11) is 3.64. The topological polar surface area (TPSA) is 26.3 Å². The van der Waals surface area contributed by atoms with Gasteiger partial charge < -0.3 is 4.74 Å². The minimum Gasteiger partial charge on any atom is -0.496 e. The summed E-state index contributed by atoms with van der Waals surface area (Å²) in [6.07, 6.45) is 0. The van der Waals surface area contributed by atoms with Crippen molar-refractivity contribution in [2.24, 2.45) is 0 Å². The minimum absolute atomic E-state index is 0.00289. The number of rotatable bonds is 3. The lowest BCUT2D eigenvalue weighted by atomic mass is 10.1. The van der Waals surface area contributed by atoms with Crippen molar-refractivity contribution in [1.82, 2.24) is 0 Å². The molecule has 1 aromatic rings. The van der Waals surface area contributed by atoms with E-state index in [4.69, 9.17) is 4.74 Å². The van der Waals surface area contributed by atoms with Crippen LogP contribution in [0.1, 0.15) is 10.4 Å². The Morgan fingerprint density at radius 1 is 1.64 bits per heavy atom. The quantitative estimate of drug-likeness (QED) is 0.480. The summed E-state index contributed by atoms with van der Waals surface area (Å²) in [6, 6.07) is 3.12. The average Bonchev–Trinajstić information content (AvgIpc) is 2.20. The summed E-state index contributed by atoms with van der Waals surface area (Å²) in [5, 5.41) is 0.434. The summed E-state index contributed by atoms with van der Waals surface area (Å²) >= 11 is 2.99. The highest BCUT2D eigenvalue weighted by molar-refractivity contribution is 9.09. The summed E-state index contributed by atoms with van der Waals surface area (Å²) < 4.78 is 18.5. The zero-order valence-electron chi connectivity index (χ0n) is 7.51. The van der Waals surface area contributed by atoms with Gasteiger partial charge >= 0.3 is 0 Å². The molecule has 0 aliphatic carbocycles. The molecule has 76 valence electrons. The number of halogens is 2. The molecule has 0 fully saturated rings. The van der Waals surface area contributed by atoms with Crippen LogP contribution in [0.5, 0.6) is 5.75 Å². The zero-order chi connectivity index (χ0) is 10.7. The number of benzene rings is 1. The molecule has 5 heteroatoms. The lowest BCUT2D eigenvalue weighted by Crippen LogP contribution is -2.12. The number of hydrogen-bond donors (Lipinski definition) is 0. The van der Waals surface area contributed by atoms with Crippen molar-refractivity contribution in [2.75, 3.05) is 12.4 Å². The van der Waals surface area contributed by atoms with Gasteiger partial charge in [-0.3, -0.25) is 4.79 Å². The van der Waals surface area contributed by atoms with Gasteiger partial charge in [-0.15, -0.1) is 9.24 Å². The Labute approximate surface area is 92.2 Å². The van der Waals surface area contributed by atoms with E-state index in [-0.39, 0.29) is 22.4 Å². The first-order valence-corrected chi connectivity index (χ1v) is 5.52. The average molecular weight is 279 g/mol. The second kappa shape index (κ2) is 4.85. The summed E-state index contributed by atoms with van der Waals surface area (Å²) in [5.41, 5.74) is -0.00289. The highest BCUT2D eigenvalue weighted by atomic mass is 79.9. The highest BCUT2D eigenvalue weighted by Gasteiger charge is 2.18. The third-order valence-electron chi connectivity index (χ3n) is 1.75. The van der Waals surface area contributed by atoms with Crippen LogP contribution >= 0.6 is 25.2 Å². The fraction of sp³-hybridized carbons (Fsp3) is 0.222. The van der Waals surface area contributed by atoms with E-state index < -0.39 is 5.82 Å². The Balaban J connectivity index is 3.35. The Bertz CT molecular complexity index is 368. The van der Waals surface area contributed by atoms with Crippen LogP contribution in [0.25, 0.3) is 0 Å². The molecule has 0 bridgehead atoms. The van der Waals surface area contributed by atoms with Crippen LogP contribution in [0.4, 0.5) is 4.39 Å². The van der Waals surface area contributed by atoms with Gasteiger partial charge in [-0.2, -0.15) is 0 Å². The first-order chi connectivity index (χ1) is 6.61. The Morgan fingerprint density at radius 2 is 2.29 bits per heavy atom. The molecule has 14 heavy (non-hydrogen) atoms. The molecule has 0 aliphatic rings. The molecule has 0 heterocycles. The minimum atomic E-state index is -0.543. The second-order valence-electron chi connectivity index (χ2n) is 2.60. The van der Waals surface area contributed by atoms with Gasteiger partial charge in [0.1, 0.15) is 11.6 Å². The predicted octanol–water partition coefficient (Wildman–Crippen LogP) is 1.91. The van der Waals surface area contributed by atoms with Crippen LogP contribution < -0.4 is 10.0 Å².